The van der Waals surface area contributed by atoms with Crippen LogP contribution in [0.4, 0.5) is 11.4 Å². The molecule has 4 rings (SSSR count). The molecule has 8 heteroatoms. The fraction of sp³-hybridized carbons (Fsp3) is 0.273. The van der Waals surface area contributed by atoms with E-state index in [2.05, 4.69) is 15.5 Å². The van der Waals surface area contributed by atoms with E-state index in [-0.39, 0.29) is 18.2 Å². The van der Waals surface area contributed by atoms with Crippen molar-refractivity contribution >= 4 is 35.4 Å². The molecule has 2 aromatic carbocycles. The number of aryl methyl sites for hydroxylation is 1. The van der Waals surface area contributed by atoms with Crippen molar-refractivity contribution in [3.8, 4) is 11.4 Å². The summed E-state index contributed by atoms with van der Waals surface area (Å²) >= 11 is 5.34. The normalized spacial score (nSPS) is 13.6. The van der Waals surface area contributed by atoms with Crippen LogP contribution in [-0.2, 0) is 16.1 Å². The van der Waals surface area contributed by atoms with Crippen LogP contribution in [0.15, 0.2) is 48.5 Å². The predicted molar refractivity (Wildman–Crippen MR) is 119 cm³/mol. The number of carbonyl (C=O) groups excluding carboxylic acids is 2. The lowest BCUT2D eigenvalue weighted by Gasteiger charge is -2.16. The molecule has 0 aliphatic carbocycles. The summed E-state index contributed by atoms with van der Waals surface area (Å²) in [6.07, 6.45) is 1.75. The van der Waals surface area contributed by atoms with Gasteiger partial charge in [0.1, 0.15) is 0 Å². The molecule has 0 atom stereocenters. The Morgan fingerprint density at radius 3 is 2.57 bits per heavy atom. The lowest BCUT2D eigenvalue weighted by atomic mass is 10.1. The first-order chi connectivity index (χ1) is 14.5. The highest BCUT2D eigenvalue weighted by molar-refractivity contribution is 7.71. The van der Waals surface area contributed by atoms with Crippen LogP contribution in [0.2, 0.25) is 0 Å². The van der Waals surface area contributed by atoms with Crippen molar-refractivity contribution in [3.05, 3.63) is 58.9 Å². The van der Waals surface area contributed by atoms with Gasteiger partial charge in [0.2, 0.25) is 11.8 Å². The molecule has 154 valence electrons. The Bertz CT molecular complexity index is 1120. The van der Waals surface area contributed by atoms with Gasteiger partial charge in [-0.3, -0.25) is 19.3 Å². The number of rotatable bonds is 6. The van der Waals surface area contributed by atoms with E-state index >= 15 is 0 Å². The van der Waals surface area contributed by atoms with E-state index in [1.165, 1.54) is 5.56 Å². The maximum absolute atomic E-state index is 12.5. The molecule has 0 saturated carbocycles. The van der Waals surface area contributed by atoms with E-state index in [4.69, 9.17) is 12.2 Å². The Morgan fingerprint density at radius 2 is 1.90 bits per heavy atom. The lowest BCUT2D eigenvalue weighted by Crippen LogP contribution is -2.23. The number of aromatic amines is 1. The van der Waals surface area contributed by atoms with Crippen LogP contribution in [0.3, 0.4) is 0 Å². The number of benzene rings is 2. The monoisotopic (exact) mass is 421 g/mol. The number of aromatic nitrogens is 3. The van der Waals surface area contributed by atoms with Crippen LogP contribution in [-0.4, -0.2) is 33.1 Å². The van der Waals surface area contributed by atoms with Gasteiger partial charge < -0.3 is 10.2 Å². The Hall–Kier alpha value is -3.26. The molecule has 0 unspecified atom stereocenters. The van der Waals surface area contributed by atoms with E-state index < -0.39 is 0 Å². The average Bonchev–Trinajstić information content (AvgIpc) is 3.33. The van der Waals surface area contributed by atoms with E-state index in [1.54, 1.807) is 4.90 Å². The molecule has 3 aromatic rings. The van der Waals surface area contributed by atoms with Gasteiger partial charge >= 0.3 is 0 Å². The van der Waals surface area contributed by atoms with Crippen LogP contribution in [0.1, 0.15) is 24.8 Å². The highest BCUT2D eigenvalue weighted by Crippen LogP contribution is 2.23. The van der Waals surface area contributed by atoms with Gasteiger partial charge in [0, 0.05) is 42.9 Å². The second-order valence-electron chi connectivity index (χ2n) is 7.36. The molecule has 1 aliphatic heterocycles. The van der Waals surface area contributed by atoms with Gasteiger partial charge in [-0.15, -0.1) is 0 Å². The highest BCUT2D eigenvalue weighted by Gasteiger charge is 2.21. The number of hydrogen-bond acceptors (Lipinski definition) is 4. The number of anilines is 2. The Balaban J connectivity index is 1.39. The lowest BCUT2D eigenvalue weighted by molar-refractivity contribution is -0.117. The highest BCUT2D eigenvalue weighted by atomic mass is 32.1. The van der Waals surface area contributed by atoms with Gasteiger partial charge in [0.15, 0.2) is 10.6 Å². The second kappa shape index (κ2) is 8.62. The molecule has 2 N–H and O–H groups in total. The van der Waals surface area contributed by atoms with Gasteiger partial charge in [0.25, 0.3) is 0 Å². The third kappa shape index (κ3) is 4.33. The Labute approximate surface area is 179 Å². The molecule has 1 fully saturated rings. The SMILES string of the molecule is Cc1ccc(-c2n[nH]c(=S)n2CCC(=O)Nc2ccc(N3CCCC3=O)cc2)cc1. The topological polar surface area (TPSA) is 83.0 Å². The number of amides is 2. The summed E-state index contributed by atoms with van der Waals surface area (Å²) < 4.78 is 2.32. The summed E-state index contributed by atoms with van der Waals surface area (Å²) in [5.74, 6) is 0.749. The van der Waals surface area contributed by atoms with Crippen molar-refractivity contribution in [2.45, 2.75) is 32.7 Å². The van der Waals surface area contributed by atoms with Gasteiger partial charge in [-0.1, -0.05) is 29.8 Å². The summed E-state index contributed by atoms with van der Waals surface area (Å²) in [5, 5.41) is 10.0. The molecule has 0 spiro atoms. The zero-order valence-electron chi connectivity index (χ0n) is 16.7. The summed E-state index contributed by atoms with van der Waals surface area (Å²) in [4.78, 5) is 26.1. The van der Waals surface area contributed by atoms with Crippen molar-refractivity contribution in [3.63, 3.8) is 0 Å². The van der Waals surface area contributed by atoms with Crippen molar-refractivity contribution in [2.24, 2.45) is 0 Å². The molecule has 1 aliphatic rings. The van der Waals surface area contributed by atoms with E-state index in [0.29, 0.717) is 29.2 Å². The minimum Gasteiger partial charge on any atom is -0.326 e. The van der Waals surface area contributed by atoms with E-state index in [0.717, 1.165) is 24.2 Å². The van der Waals surface area contributed by atoms with Crippen molar-refractivity contribution in [1.82, 2.24) is 14.8 Å². The maximum atomic E-state index is 12.5. The molecule has 30 heavy (non-hydrogen) atoms. The van der Waals surface area contributed by atoms with Gasteiger partial charge in [-0.2, -0.15) is 5.10 Å². The summed E-state index contributed by atoms with van der Waals surface area (Å²) in [6.45, 7) is 3.20. The van der Waals surface area contributed by atoms with Crippen LogP contribution in [0.5, 0.6) is 0 Å². The minimum absolute atomic E-state index is 0.113. The largest absolute Gasteiger partial charge is 0.326 e. The van der Waals surface area contributed by atoms with Crippen LogP contribution < -0.4 is 10.2 Å². The first-order valence-corrected chi connectivity index (χ1v) is 10.3. The quantitative estimate of drug-likeness (QED) is 0.588. The number of carbonyl (C=O) groups is 2. The zero-order chi connectivity index (χ0) is 21.1. The average molecular weight is 422 g/mol. The van der Waals surface area contributed by atoms with Crippen LogP contribution >= 0.6 is 12.2 Å². The Morgan fingerprint density at radius 1 is 1.17 bits per heavy atom. The number of hydrogen-bond donors (Lipinski definition) is 2. The molecular weight excluding hydrogens is 398 g/mol. The maximum Gasteiger partial charge on any atom is 0.227 e. The van der Waals surface area contributed by atoms with Gasteiger partial charge in [-0.25, -0.2) is 0 Å². The number of H-pyrrole nitrogens is 1. The van der Waals surface area contributed by atoms with E-state index in [9.17, 15) is 9.59 Å². The predicted octanol–water partition coefficient (Wildman–Crippen LogP) is 4.07. The number of nitrogens with zero attached hydrogens (tertiary/aromatic N) is 3. The summed E-state index contributed by atoms with van der Waals surface area (Å²) in [6, 6.07) is 15.4. The van der Waals surface area contributed by atoms with Gasteiger partial charge in [-0.05, 0) is 49.8 Å². The molecule has 7 nitrogen and oxygen atoms in total. The molecule has 2 heterocycles. The van der Waals surface area contributed by atoms with E-state index in [1.807, 2.05) is 60.0 Å². The number of nitrogens with one attached hydrogen (secondary N) is 2. The second-order valence-corrected chi connectivity index (χ2v) is 7.75. The summed E-state index contributed by atoms with van der Waals surface area (Å²) in [5.41, 5.74) is 3.67. The van der Waals surface area contributed by atoms with Crippen LogP contribution in [0.25, 0.3) is 11.4 Å². The zero-order valence-corrected chi connectivity index (χ0v) is 17.5. The molecular formula is C22H23N5O2S. The fourth-order valence-corrected chi connectivity index (χ4v) is 3.75. The minimum atomic E-state index is -0.113. The molecule has 1 saturated heterocycles. The van der Waals surface area contributed by atoms with Crippen molar-refractivity contribution in [1.29, 1.82) is 0 Å². The van der Waals surface area contributed by atoms with Gasteiger partial charge in [0.05, 0.1) is 0 Å². The van der Waals surface area contributed by atoms with Crippen molar-refractivity contribution < 1.29 is 9.59 Å². The Kier molecular flexibility index (Phi) is 5.76. The molecule has 0 bridgehead atoms. The van der Waals surface area contributed by atoms with Crippen LogP contribution in [0, 0.1) is 11.7 Å². The standard InChI is InChI=1S/C22H23N5O2S/c1-15-4-6-16(7-5-15)21-24-25-22(30)27(21)14-12-19(28)23-17-8-10-18(11-9-17)26-13-2-3-20(26)29/h4-11H,2-3,12-14H2,1H3,(H,23,28)(H,25,30). The third-order valence-electron chi connectivity index (χ3n) is 5.17. The summed E-state index contributed by atoms with van der Waals surface area (Å²) in [7, 11) is 0. The van der Waals surface area contributed by atoms with Crippen molar-refractivity contribution in [2.75, 3.05) is 16.8 Å². The first kappa shape index (κ1) is 20.0. The molecule has 2 amide bonds. The molecule has 1 aromatic heterocycles. The third-order valence-corrected chi connectivity index (χ3v) is 5.48. The molecule has 0 radical (unpaired) electrons. The fourth-order valence-electron chi connectivity index (χ4n) is 3.53. The first-order valence-electron chi connectivity index (χ1n) is 9.94. The smallest absolute Gasteiger partial charge is 0.227 e.